The van der Waals surface area contributed by atoms with Crippen LogP contribution in [0.25, 0.3) is 0 Å². The molecule has 1 aromatic rings. The summed E-state index contributed by atoms with van der Waals surface area (Å²) in [7, 11) is 2.06. The van der Waals surface area contributed by atoms with E-state index in [-0.39, 0.29) is 0 Å². The monoisotopic (exact) mass is 278 g/mol. The van der Waals surface area contributed by atoms with Crippen molar-refractivity contribution in [2.45, 2.75) is 84.5 Å². The highest BCUT2D eigenvalue weighted by atomic mass is 15.0. The van der Waals surface area contributed by atoms with Crippen LogP contribution in [0.3, 0.4) is 0 Å². The van der Waals surface area contributed by atoms with Gasteiger partial charge in [0.05, 0.1) is 12.0 Å². The summed E-state index contributed by atoms with van der Waals surface area (Å²) in [5, 5.41) is 0. The Morgan fingerprint density at radius 1 is 0.950 bits per heavy atom. The first-order valence-corrected chi connectivity index (χ1v) is 8.73. The largest absolute Gasteiger partial charge is 0.340 e. The van der Waals surface area contributed by atoms with Gasteiger partial charge in [0.15, 0.2) is 0 Å². The van der Waals surface area contributed by atoms with Crippen molar-refractivity contribution in [1.29, 1.82) is 0 Å². The standard InChI is InChI=1S/C18H34N2/c1-4-6-8-10-12-17(13-11-9-7-5-2)14-18-15-20(3)16-19-18/h15-17H,4-14H2,1-3H3. The van der Waals surface area contributed by atoms with E-state index in [2.05, 4.69) is 36.6 Å². The highest BCUT2D eigenvalue weighted by molar-refractivity contribution is 4.97. The van der Waals surface area contributed by atoms with E-state index in [0.29, 0.717) is 0 Å². The number of hydrogen-bond donors (Lipinski definition) is 0. The van der Waals surface area contributed by atoms with E-state index < -0.39 is 0 Å². The molecule has 0 aliphatic heterocycles. The molecular formula is C18H34N2. The molecule has 1 aromatic heterocycles. The lowest BCUT2D eigenvalue weighted by Crippen LogP contribution is -2.05. The molecule has 0 atom stereocenters. The smallest absolute Gasteiger partial charge is 0.0946 e. The molecule has 20 heavy (non-hydrogen) atoms. The maximum absolute atomic E-state index is 4.51. The van der Waals surface area contributed by atoms with Gasteiger partial charge in [-0.3, -0.25) is 0 Å². The van der Waals surface area contributed by atoms with Crippen LogP contribution >= 0.6 is 0 Å². The van der Waals surface area contributed by atoms with Crippen molar-refractivity contribution in [1.82, 2.24) is 9.55 Å². The van der Waals surface area contributed by atoms with Crippen LogP contribution in [0.15, 0.2) is 12.5 Å². The highest BCUT2D eigenvalue weighted by Gasteiger charge is 2.11. The Balaban J connectivity index is 2.33. The second kappa shape index (κ2) is 10.9. The molecule has 0 amide bonds. The van der Waals surface area contributed by atoms with E-state index in [1.807, 2.05) is 6.33 Å². The van der Waals surface area contributed by atoms with Crippen molar-refractivity contribution >= 4 is 0 Å². The molecule has 0 unspecified atom stereocenters. The molecule has 0 fully saturated rings. The summed E-state index contributed by atoms with van der Waals surface area (Å²) in [6, 6.07) is 0. The maximum Gasteiger partial charge on any atom is 0.0946 e. The number of imidazole rings is 1. The van der Waals surface area contributed by atoms with Crippen molar-refractivity contribution in [3.8, 4) is 0 Å². The maximum atomic E-state index is 4.51. The molecular weight excluding hydrogens is 244 g/mol. The summed E-state index contributed by atoms with van der Waals surface area (Å²) in [5.41, 5.74) is 1.28. The molecule has 0 saturated carbocycles. The van der Waals surface area contributed by atoms with Crippen LogP contribution in [-0.2, 0) is 13.5 Å². The first-order chi connectivity index (χ1) is 9.76. The summed E-state index contributed by atoms with van der Waals surface area (Å²) in [6.45, 7) is 4.58. The quantitative estimate of drug-likeness (QED) is 0.460. The van der Waals surface area contributed by atoms with Gasteiger partial charge >= 0.3 is 0 Å². The Labute approximate surface area is 126 Å². The minimum absolute atomic E-state index is 0.846. The van der Waals surface area contributed by atoms with Crippen LogP contribution in [0, 0.1) is 5.92 Å². The van der Waals surface area contributed by atoms with Gasteiger partial charge < -0.3 is 4.57 Å². The van der Waals surface area contributed by atoms with Crippen molar-refractivity contribution in [2.24, 2.45) is 13.0 Å². The number of hydrogen-bond acceptors (Lipinski definition) is 1. The van der Waals surface area contributed by atoms with Crippen LogP contribution in [0.1, 0.15) is 83.7 Å². The third kappa shape index (κ3) is 7.72. The van der Waals surface area contributed by atoms with Gasteiger partial charge in [0.1, 0.15) is 0 Å². The van der Waals surface area contributed by atoms with Gasteiger partial charge in [-0.2, -0.15) is 0 Å². The Morgan fingerprint density at radius 3 is 2.00 bits per heavy atom. The molecule has 0 spiro atoms. The Morgan fingerprint density at radius 2 is 1.55 bits per heavy atom. The molecule has 0 radical (unpaired) electrons. The fraction of sp³-hybridized carbons (Fsp3) is 0.833. The van der Waals surface area contributed by atoms with Gasteiger partial charge in [-0.05, 0) is 12.3 Å². The molecule has 116 valence electrons. The molecule has 1 rings (SSSR count). The normalized spacial score (nSPS) is 11.4. The lowest BCUT2D eigenvalue weighted by atomic mass is 9.91. The van der Waals surface area contributed by atoms with Gasteiger partial charge in [-0.15, -0.1) is 0 Å². The molecule has 0 bridgehead atoms. The van der Waals surface area contributed by atoms with Crippen LogP contribution in [0.4, 0.5) is 0 Å². The predicted molar refractivity (Wildman–Crippen MR) is 87.9 cm³/mol. The van der Waals surface area contributed by atoms with Gasteiger partial charge in [0, 0.05) is 13.2 Å². The van der Waals surface area contributed by atoms with Crippen molar-refractivity contribution in [2.75, 3.05) is 0 Å². The van der Waals surface area contributed by atoms with Crippen molar-refractivity contribution in [3.63, 3.8) is 0 Å². The predicted octanol–water partition coefficient (Wildman–Crippen LogP) is 5.52. The third-order valence-corrected chi connectivity index (χ3v) is 4.19. The average molecular weight is 278 g/mol. The molecule has 0 aliphatic rings. The van der Waals surface area contributed by atoms with Crippen LogP contribution in [-0.4, -0.2) is 9.55 Å². The first-order valence-electron chi connectivity index (χ1n) is 8.73. The van der Waals surface area contributed by atoms with E-state index in [4.69, 9.17) is 0 Å². The SMILES string of the molecule is CCCCCCC(CCCCCC)Cc1cn(C)cn1. The van der Waals surface area contributed by atoms with E-state index in [0.717, 1.165) is 5.92 Å². The summed E-state index contributed by atoms with van der Waals surface area (Å²) in [4.78, 5) is 4.51. The molecule has 2 nitrogen and oxygen atoms in total. The minimum Gasteiger partial charge on any atom is -0.340 e. The average Bonchev–Trinajstić information content (AvgIpc) is 2.84. The van der Waals surface area contributed by atoms with Gasteiger partial charge in [-0.1, -0.05) is 78.1 Å². The number of aromatic nitrogens is 2. The molecule has 0 aromatic carbocycles. The Hall–Kier alpha value is -0.790. The fourth-order valence-corrected chi connectivity index (χ4v) is 2.94. The number of nitrogens with zero attached hydrogens (tertiary/aromatic N) is 2. The van der Waals surface area contributed by atoms with E-state index in [1.165, 1.54) is 76.3 Å². The highest BCUT2D eigenvalue weighted by Crippen LogP contribution is 2.22. The lowest BCUT2D eigenvalue weighted by molar-refractivity contribution is 0.401. The summed E-state index contributed by atoms with van der Waals surface area (Å²) >= 11 is 0. The second-order valence-corrected chi connectivity index (χ2v) is 6.30. The fourth-order valence-electron chi connectivity index (χ4n) is 2.94. The summed E-state index contributed by atoms with van der Waals surface area (Å²) in [5.74, 6) is 0.846. The van der Waals surface area contributed by atoms with Crippen LogP contribution in [0.5, 0.6) is 0 Å². The van der Waals surface area contributed by atoms with Crippen molar-refractivity contribution in [3.05, 3.63) is 18.2 Å². The van der Waals surface area contributed by atoms with Gasteiger partial charge in [-0.25, -0.2) is 4.98 Å². The van der Waals surface area contributed by atoms with Crippen molar-refractivity contribution < 1.29 is 0 Å². The molecule has 0 aliphatic carbocycles. The van der Waals surface area contributed by atoms with E-state index in [1.54, 1.807) is 0 Å². The zero-order valence-electron chi connectivity index (χ0n) is 13.9. The molecule has 1 heterocycles. The molecule has 2 heteroatoms. The molecule has 0 N–H and O–H groups in total. The third-order valence-electron chi connectivity index (χ3n) is 4.19. The number of aryl methyl sites for hydroxylation is 1. The van der Waals surface area contributed by atoms with Crippen LogP contribution in [0.2, 0.25) is 0 Å². The van der Waals surface area contributed by atoms with Gasteiger partial charge in [0.25, 0.3) is 0 Å². The molecule has 0 saturated heterocycles. The second-order valence-electron chi connectivity index (χ2n) is 6.30. The first kappa shape index (κ1) is 17.3. The summed E-state index contributed by atoms with van der Waals surface area (Å²) < 4.78 is 2.07. The number of unbranched alkanes of at least 4 members (excludes halogenated alkanes) is 6. The number of rotatable bonds is 12. The minimum atomic E-state index is 0.846. The Kier molecular flexibility index (Phi) is 9.44. The zero-order valence-corrected chi connectivity index (χ0v) is 13.9. The zero-order chi connectivity index (χ0) is 14.6. The lowest BCUT2D eigenvalue weighted by Gasteiger charge is -2.15. The van der Waals surface area contributed by atoms with E-state index in [9.17, 15) is 0 Å². The van der Waals surface area contributed by atoms with Crippen LogP contribution < -0.4 is 0 Å². The van der Waals surface area contributed by atoms with E-state index >= 15 is 0 Å². The Bertz CT molecular complexity index is 318. The van der Waals surface area contributed by atoms with Gasteiger partial charge in [0.2, 0.25) is 0 Å². The summed E-state index contributed by atoms with van der Waals surface area (Å²) in [6.07, 6.45) is 19.2. The topological polar surface area (TPSA) is 17.8 Å².